The molecule has 0 spiro atoms. The van der Waals surface area contributed by atoms with Crippen molar-refractivity contribution < 1.29 is 13.2 Å². The number of hydrogen-bond donors (Lipinski definition) is 1. The highest BCUT2D eigenvalue weighted by atomic mass is 32.2. The molecule has 1 aliphatic heterocycles. The number of hydrogen-bond acceptors (Lipinski definition) is 3. The molecule has 1 amide bonds. The molecule has 2 aromatic carbocycles. The Balaban J connectivity index is 1.83. The Hall–Kier alpha value is -2.34. The second kappa shape index (κ2) is 7.27. The van der Waals surface area contributed by atoms with E-state index < -0.39 is 10.0 Å². The number of amides is 1. The molecule has 0 fully saturated rings. The zero-order valence-corrected chi connectivity index (χ0v) is 15.1. The fourth-order valence-corrected chi connectivity index (χ4v) is 4.63. The number of sulfonamides is 1. The molecule has 5 nitrogen and oxygen atoms in total. The van der Waals surface area contributed by atoms with Crippen LogP contribution in [0.5, 0.6) is 0 Å². The first-order valence-corrected chi connectivity index (χ1v) is 9.86. The average Bonchev–Trinajstić information content (AvgIpc) is 2.65. The predicted molar refractivity (Wildman–Crippen MR) is 98.1 cm³/mol. The van der Waals surface area contributed by atoms with E-state index in [0.29, 0.717) is 19.4 Å². The third-order valence-electron chi connectivity index (χ3n) is 4.50. The van der Waals surface area contributed by atoms with Gasteiger partial charge in [0.25, 0.3) is 10.0 Å². The monoisotopic (exact) mass is 358 g/mol. The Morgan fingerprint density at radius 2 is 1.84 bits per heavy atom. The number of anilines is 1. The van der Waals surface area contributed by atoms with Crippen LogP contribution in [0.4, 0.5) is 5.69 Å². The molecule has 0 aromatic heterocycles. The van der Waals surface area contributed by atoms with Gasteiger partial charge in [0.2, 0.25) is 5.91 Å². The summed E-state index contributed by atoms with van der Waals surface area (Å²) in [6, 6.07) is 14.5. The largest absolute Gasteiger partial charge is 0.359 e. The maximum absolute atomic E-state index is 13.0. The molecule has 0 bridgehead atoms. The summed E-state index contributed by atoms with van der Waals surface area (Å²) in [5.74, 6) is -0.0263. The minimum Gasteiger partial charge on any atom is -0.359 e. The van der Waals surface area contributed by atoms with Crippen LogP contribution >= 0.6 is 0 Å². The molecule has 0 radical (unpaired) electrons. The molecule has 132 valence electrons. The lowest BCUT2D eigenvalue weighted by Gasteiger charge is -2.30. The van der Waals surface area contributed by atoms with Gasteiger partial charge in [0.1, 0.15) is 0 Å². The second-order valence-corrected chi connectivity index (χ2v) is 7.99. The lowest BCUT2D eigenvalue weighted by Crippen LogP contribution is -2.35. The van der Waals surface area contributed by atoms with Gasteiger partial charge in [0, 0.05) is 20.0 Å². The SMILES string of the molecule is CNC(=O)CCc1ccc(S(=O)(=O)N2CCCc3ccccc32)cc1. The Bertz CT molecular complexity index is 860. The van der Waals surface area contributed by atoms with E-state index in [-0.39, 0.29) is 10.8 Å². The van der Waals surface area contributed by atoms with Gasteiger partial charge in [-0.3, -0.25) is 9.10 Å². The fourth-order valence-electron chi connectivity index (χ4n) is 3.09. The van der Waals surface area contributed by atoms with Crippen LogP contribution < -0.4 is 9.62 Å². The molecule has 1 aliphatic rings. The highest BCUT2D eigenvalue weighted by Crippen LogP contribution is 2.31. The normalized spacial score (nSPS) is 14.0. The van der Waals surface area contributed by atoms with Gasteiger partial charge in [-0.2, -0.15) is 0 Å². The van der Waals surface area contributed by atoms with E-state index in [1.807, 2.05) is 24.3 Å². The van der Waals surface area contributed by atoms with Crippen molar-refractivity contribution in [1.29, 1.82) is 0 Å². The highest BCUT2D eigenvalue weighted by Gasteiger charge is 2.28. The summed E-state index contributed by atoms with van der Waals surface area (Å²) in [6.07, 6.45) is 2.70. The molecule has 1 N–H and O–H groups in total. The third kappa shape index (κ3) is 3.69. The number of benzene rings is 2. The molecule has 0 saturated carbocycles. The topological polar surface area (TPSA) is 66.5 Å². The number of fused-ring (bicyclic) bond motifs is 1. The highest BCUT2D eigenvalue weighted by molar-refractivity contribution is 7.92. The first-order chi connectivity index (χ1) is 12.0. The summed E-state index contributed by atoms with van der Waals surface area (Å²) in [5, 5.41) is 2.58. The third-order valence-corrected chi connectivity index (χ3v) is 6.33. The number of para-hydroxylation sites is 1. The Morgan fingerprint density at radius 1 is 1.12 bits per heavy atom. The molecular formula is C19H22N2O3S. The molecular weight excluding hydrogens is 336 g/mol. The van der Waals surface area contributed by atoms with Gasteiger partial charge in [-0.05, 0) is 48.6 Å². The van der Waals surface area contributed by atoms with E-state index in [0.717, 1.165) is 29.7 Å². The molecule has 0 saturated heterocycles. The predicted octanol–water partition coefficient (Wildman–Crippen LogP) is 2.51. The van der Waals surface area contributed by atoms with Gasteiger partial charge in [-0.15, -0.1) is 0 Å². The van der Waals surface area contributed by atoms with E-state index in [4.69, 9.17) is 0 Å². The lowest BCUT2D eigenvalue weighted by atomic mass is 10.0. The quantitative estimate of drug-likeness (QED) is 0.893. The van der Waals surface area contributed by atoms with Crippen LogP contribution in [-0.2, 0) is 27.7 Å². The van der Waals surface area contributed by atoms with E-state index in [1.54, 1.807) is 31.3 Å². The number of nitrogens with zero attached hydrogens (tertiary/aromatic N) is 1. The van der Waals surface area contributed by atoms with Gasteiger partial charge < -0.3 is 5.32 Å². The standard InChI is InChI=1S/C19H22N2O3S/c1-20-19(22)13-10-15-8-11-17(12-9-15)25(23,24)21-14-4-6-16-5-2-3-7-18(16)21/h2-3,5,7-9,11-12H,4,6,10,13-14H2,1H3,(H,20,22). The first-order valence-electron chi connectivity index (χ1n) is 8.42. The van der Waals surface area contributed by atoms with Crippen molar-refractivity contribution in [3.05, 3.63) is 59.7 Å². The number of carbonyl (C=O) groups is 1. The second-order valence-electron chi connectivity index (χ2n) is 6.13. The van der Waals surface area contributed by atoms with Crippen LogP contribution in [-0.4, -0.2) is 27.9 Å². The van der Waals surface area contributed by atoms with E-state index in [2.05, 4.69) is 5.32 Å². The van der Waals surface area contributed by atoms with Gasteiger partial charge >= 0.3 is 0 Å². The lowest BCUT2D eigenvalue weighted by molar-refractivity contribution is -0.120. The average molecular weight is 358 g/mol. The Labute approximate surface area is 148 Å². The summed E-state index contributed by atoms with van der Waals surface area (Å²) < 4.78 is 27.6. The van der Waals surface area contributed by atoms with Crippen LogP contribution in [0.3, 0.4) is 0 Å². The summed E-state index contributed by atoms with van der Waals surface area (Å²) in [7, 11) is -1.97. The molecule has 1 heterocycles. The van der Waals surface area contributed by atoms with Gasteiger partial charge in [-0.1, -0.05) is 30.3 Å². The van der Waals surface area contributed by atoms with E-state index in [9.17, 15) is 13.2 Å². The smallest absolute Gasteiger partial charge is 0.264 e. The van der Waals surface area contributed by atoms with Crippen molar-refractivity contribution >= 4 is 21.6 Å². The summed E-state index contributed by atoms with van der Waals surface area (Å²) in [5.41, 5.74) is 2.79. The van der Waals surface area contributed by atoms with Gasteiger partial charge in [0.15, 0.2) is 0 Å². The summed E-state index contributed by atoms with van der Waals surface area (Å²) in [4.78, 5) is 11.6. The van der Waals surface area contributed by atoms with Crippen LogP contribution in [0.2, 0.25) is 0 Å². The van der Waals surface area contributed by atoms with Crippen molar-refractivity contribution in [2.45, 2.75) is 30.6 Å². The maximum atomic E-state index is 13.0. The fraction of sp³-hybridized carbons (Fsp3) is 0.316. The van der Waals surface area contributed by atoms with Crippen molar-refractivity contribution in [3.63, 3.8) is 0 Å². The number of rotatable bonds is 5. The molecule has 3 rings (SSSR count). The molecule has 6 heteroatoms. The molecule has 25 heavy (non-hydrogen) atoms. The number of aryl methyl sites for hydroxylation is 2. The minimum absolute atomic E-state index is 0.0263. The molecule has 2 aromatic rings. The van der Waals surface area contributed by atoms with Gasteiger partial charge in [-0.25, -0.2) is 8.42 Å². The summed E-state index contributed by atoms with van der Waals surface area (Å²) in [6.45, 7) is 0.498. The van der Waals surface area contributed by atoms with E-state index in [1.165, 1.54) is 4.31 Å². The molecule has 0 unspecified atom stereocenters. The minimum atomic E-state index is -3.57. The van der Waals surface area contributed by atoms with Crippen LogP contribution in [0, 0.1) is 0 Å². The van der Waals surface area contributed by atoms with Crippen molar-refractivity contribution in [1.82, 2.24) is 5.32 Å². The molecule has 0 aliphatic carbocycles. The van der Waals surface area contributed by atoms with Crippen molar-refractivity contribution in [2.75, 3.05) is 17.9 Å². The number of carbonyl (C=O) groups excluding carboxylic acids is 1. The Kier molecular flexibility index (Phi) is 5.08. The summed E-state index contributed by atoms with van der Waals surface area (Å²) >= 11 is 0. The van der Waals surface area contributed by atoms with Crippen molar-refractivity contribution in [3.8, 4) is 0 Å². The number of nitrogens with one attached hydrogen (secondary N) is 1. The van der Waals surface area contributed by atoms with Crippen LogP contribution in [0.1, 0.15) is 24.0 Å². The first kappa shape index (κ1) is 17.5. The zero-order chi connectivity index (χ0) is 17.9. The van der Waals surface area contributed by atoms with Crippen LogP contribution in [0.25, 0.3) is 0 Å². The molecule has 0 atom stereocenters. The van der Waals surface area contributed by atoms with E-state index >= 15 is 0 Å². The van der Waals surface area contributed by atoms with Crippen molar-refractivity contribution in [2.24, 2.45) is 0 Å². The van der Waals surface area contributed by atoms with Gasteiger partial charge in [0.05, 0.1) is 10.6 Å². The van der Waals surface area contributed by atoms with Crippen LogP contribution in [0.15, 0.2) is 53.4 Å². The zero-order valence-electron chi connectivity index (χ0n) is 14.2. The maximum Gasteiger partial charge on any atom is 0.264 e. The Morgan fingerprint density at radius 3 is 2.56 bits per heavy atom.